The molecule has 0 spiro atoms. The van der Waals surface area contributed by atoms with Gasteiger partial charge < -0.3 is 35.1 Å². The first-order valence-corrected chi connectivity index (χ1v) is 24.3. The van der Waals surface area contributed by atoms with Crippen LogP contribution >= 0.6 is 11.3 Å². The second kappa shape index (κ2) is 20.7. The average Bonchev–Trinajstić information content (AvgIpc) is 4.05. The Bertz CT molecular complexity index is 2650. The van der Waals surface area contributed by atoms with Gasteiger partial charge in [0.2, 0.25) is 23.6 Å². The number of unbranched alkanes of at least 4 members (excludes halogenated alkanes) is 1. The van der Waals surface area contributed by atoms with Crippen molar-refractivity contribution in [1.82, 2.24) is 45.6 Å². The zero-order valence-corrected chi connectivity index (χ0v) is 41.8. The lowest BCUT2D eigenvalue weighted by Crippen LogP contribution is -2.74. The van der Waals surface area contributed by atoms with E-state index in [-0.39, 0.29) is 54.4 Å². The number of rotatable bonds is 18. The normalized spacial score (nSPS) is 20.1. The molecule has 2 aromatic carbocycles. The maximum Gasteiger partial charge on any atom is 0.453 e. The summed E-state index contributed by atoms with van der Waals surface area (Å²) in [6.45, 7) is 18.4. The number of hydrogen-bond acceptors (Lipinski definition) is 12. The minimum atomic E-state index is -4.75. The third-order valence-corrected chi connectivity index (χ3v) is 14.1. The molecule has 4 amide bonds. The van der Waals surface area contributed by atoms with Crippen molar-refractivity contribution in [2.75, 3.05) is 26.4 Å². The van der Waals surface area contributed by atoms with E-state index in [1.165, 1.54) is 12.1 Å². The van der Waals surface area contributed by atoms with Crippen molar-refractivity contribution in [2.24, 2.45) is 22.2 Å². The minimum Gasteiger partial charge on any atom is -0.494 e. The second-order valence-electron chi connectivity index (χ2n) is 20.5. The number of aryl methyl sites for hydroxylation is 1. The molecule has 3 N–H and O–H groups in total. The van der Waals surface area contributed by atoms with Crippen LogP contribution in [0, 0.1) is 29.1 Å². The average molecular weight is 990 g/mol. The van der Waals surface area contributed by atoms with Gasteiger partial charge >= 0.3 is 6.18 Å². The SMILES string of the molecule is Cc1ncsc1-c1ccc(CNC(=O)[C@@H]2CC(C)CN2C(=O)[C@@H](NC(=O)COCCCCOc2ccc(C(=O)N[C@H]3C(C)(C)[C@H](Oc4ccc5nnc(C(F)(F)F)n5n4)C3(C)C)cc2)C(C)(C)C)cc1. The summed E-state index contributed by atoms with van der Waals surface area (Å²) in [7, 11) is 0. The van der Waals surface area contributed by atoms with Gasteiger partial charge in [0.15, 0.2) is 5.65 Å². The molecular weight excluding hydrogens is 928 g/mol. The highest BCUT2D eigenvalue weighted by molar-refractivity contribution is 7.13. The number of ether oxygens (including phenoxy) is 3. The largest absolute Gasteiger partial charge is 0.494 e. The summed E-state index contributed by atoms with van der Waals surface area (Å²) in [4.78, 5) is 61.2. The van der Waals surface area contributed by atoms with Crippen molar-refractivity contribution in [1.29, 1.82) is 0 Å². The predicted octanol–water partition coefficient (Wildman–Crippen LogP) is 7.45. The van der Waals surface area contributed by atoms with E-state index < -0.39 is 52.3 Å². The highest BCUT2D eigenvalue weighted by atomic mass is 32.1. The molecule has 1 unspecified atom stereocenters. The van der Waals surface area contributed by atoms with Gasteiger partial charge in [-0.05, 0) is 79.0 Å². The molecule has 2 fully saturated rings. The van der Waals surface area contributed by atoms with Crippen LogP contribution in [0.25, 0.3) is 16.1 Å². The van der Waals surface area contributed by atoms with Crippen molar-refractivity contribution in [3.8, 4) is 22.1 Å². The van der Waals surface area contributed by atoms with Crippen LogP contribution in [0.5, 0.6) is 11.6 Å². The van der Waals surface area contributed by atoms with Gasteiger partial charge in [0.25, 0.3) is 11.7 Å². The zero-order chi connectivity index (χ0) is 50.8. The van der Waals surface area contributed by atoms with Crippen LogP contribution in [0.2, 0.25) is 0 Å². The van der Waals surface area contributed by atoms with Gasteiger partial charge in [0.1, 0.15) is 30.5 Å². The van der Waals surface area contributed by atoms with Gasteiger partial charge in [0.05, 0.1) is 22.7 Å². The molecular formula is C50H62F3N9O7S. The number of benzene rings is 2. The van der Waals surface area contributed by atoms with Crippen LogP contribution in [0.15, 0.2) is 66.2 Å². The maximum atomic E-state index is 14.1. The lowest BCUT2D eigenvalue weighted by atomic mass is 9.49. The molecule has 0 radical (unpaired) electrons. The fourth-order valence-corrected chi connectivity index (χ4v) is 10.5. The number of nitrogens with one attached hydrogen (secondary N) is 3. The Kier molecular flexibility index (Phi) is 15.3. The smallest absolute Gasteiger partial charge is 0.453 e. The maximum absolute atomic E-state index is 14.1. The van der Waals surface area contributed by atoms with Crippen LogP contribution in [-0.2, 0) is 31.8 Å². The first kappa shape index (κ1) is 51.7. The van der Waals surface area contributed by atoms with Crippen LogP contribution in [-0.4, -0.2) is 104 Å². The Morgan fingerprint density at radius 1 is 0.914 bits per heavy atom. The Morgan fingerprint density at radius 2 is 1.60 bits per heavy atom. The van der Waals surface area contributed by atoms with Crippen LogP contribution < -0.4 is 25.4 Å². The van der Waals surface area contributed by atoms with E-state index >= 15 is 0 Å². The second-order valence-corrected chi connectivity index (χ2v) is 21.4. The van der Waals surface area contributed by atoms with Gasteiger partial charge in [-0.3, -0.25) is 19.2 Å². The molecule has 3 atom stereocenters. The molecule has 70 heavy (non-hydrogen) atoms. The highest BCUT2D eigenvalue weighted by Crippen LogP contribution is 2.55. The summed E-state index contributed by atoms with van der Waals surface area (Å²) >= 11 is 1.58. The van der Waals surface area contributed by atoms with E-state index in [2.05, 4.69) is 36.2 Å². The fourth-order valence-electron chi connectivity index (χ4n) is 9.73. The lowest BCUT2D eigenvalue weighted by molar-refractivity contribution is -0.166. The summed E-state index contributed by atoms with van der Waals surface area (Å²) in [6.07, 6.45) is -3.50. The summed E-state index contributed by atoms with van der Waals surface area (Å²) in [6, 6.07) is 15.6. The lowest BCUT2D eigenvalue weighted by Gasteiger charge is -2.62. The van der Waals surface area contributed by atoms with Crippen molar-refractivity contribution in [3.63, 3.8) is 0 Å². The molecule has 376 valence electrons. The molecule has 1 aliphatic heterocycles. The highest BCUT2D eigenvalue weighted by Gasteiger charge is 2.64. The third-order valence-electron chi connectivity index (χ3n) is 13.1. The Balaban J connectivity index is 0.812. The van der Waals surface area contributed by atoms with E-state index in [4.69, 9.17) is 14.2 Å². The number of carbonyl (C=O) groups is 4. The predicted molar refractivity (Wildman–Crippen MR) is 256 cm³/mol. The van der Waals surface area contributed by atoms with E-state index in [0.29, 0.717) is 54.8 Å². The number of thiazole rings is 1. The minimum absolute atomic E-state index is 0.0253. The Hall–Kier alpha value is -6.15. The van der Waals surface area contributed by atoms with Crippen LogP contribution in [0.4, 0.5) is 13.2 Å². The number of likely N-dealkylation sites (tertiary alicyclic amines) is 1. The number of amides is 4. The first-order valence-electron chi connectivity index (χ1n) is 23.4. The monoisotopic (exact) mass is 989 g/mol. The molecule has 1 aliphatic carbocycles. The Morgan fingerprint density at radius 3 is 2.24 bits per heavy atom. The standard InChI is InChI=1S/C50H62F3N9O7S/c1-29-24-35(42(65)54-25-31-12-14-32(15-13-31)39-30(2)55-28-70-39)61(26-29)43(66)40(47(3,4)5)56-37(63)27-67-22-10-11-23-68-34-18-16-33(17-19-34)41(64)57-44-48(6,7)45(49(44,8)9)69-38-21-20-36-58-59-46(50(51,52)53)62(36)60-38/h12-21,28-29,35,40,44-45H,10-11,22-27H2,1-9H3,(H,54,65)(H,56,63)(H,57,64)/t29?,35-,40+,44-,45-/m0/s1. The molecule has 1 saturated carbocycles. The molecule has 0 bridgehead atoms. The number of nitrogens with zero attached hydrogens (tertiary/aromatic N) is 6. The number of halogens is 3. The first-order chi connectivity index (χ1) is 32.9. The van der Waals surface area contributed by atoms with E-state index in [1.807, 2.05) is 92.1 Å². The fraction of sp³-hybridized carbons (Fsp3) is 0.520. The van der Waals surface area contributed by atoms with Crippen LogP contribution in [0.3, 0.4) is 0 Å². The molecule has 2 aliphatic rings. The number of fused-ring (bicyclic) bond motifs is 1. The summed E-state index contributed by atoms with van der Waals surface area (Å²) < 4.78 is 58.6. The van der Waals surface area contributed by atoms with E-state index in [1.54, 1.807) is 40.5 Å². The number of alkyl halides is 3. The molecule has 20 heteroatoms. The quantitative estimate of drug-likeness (QED) is 0.0740. The molecule has 7 rings (SSSR count). The van der Waals surface area contributed by atoms with Gasteiger partial charge in [0, 0.05) is 48.2 Å². The van der Waals surface area contributed by atoms with Gasteiger partial charge in [-0.15, -0.1) is 26.6 Å². The van der Waals surface area contributed by atoms with Gasteiger partial charge in [-0.2, -0.15) is 17.7 Å². The van der Waals surface area contributed by atoms with Gasteiger partial charge in [-0.1, -0.05) is 79.7 Å². The van der Waals surface area contributed by atoms with Gasteiger partial charge in [-0.25, -0.2) is 4.98 Å². The third kappa shape index (κ3) is 11.5. The topological polar surface area (TPSA) is 191 Å². The summed E-state index contributed by atoms with van der Waals surface area (Å²) in [5.74, 6) is -1.87. The summed E-state index contributed by atoms with van der Waals surface area (Å²) in [5.41, 5.74) is 3.28. The summed E-state index contributed by atoms with van der Waals surface area (Å²) in [5, 5.41) is 19.8. The van der Waals surface area contributed by atoms with Crippen molar-refractivity contribution in [2.45, 2.75) is 119 Å². The zero-order valence-electron chi connectivity index (χ0n) is 41.0. The number of aromatic nitrogens is 5. The van der Waals surface area contributed by atoms with Crippen molar-refractivity contribution >= 4 is 40.6 Å². The molecule has 3 aromatic heterocycles. The van der Waals surface area contributed by atoms with Crippen molar-refractivity contribution < 1.29 is 46.6 Å². The number of carbonyl (C=O) groups excluding carboxylic acids is 4. The molecule has 4 heterocycles. The van der Waals surface area contributed by atoms with E-state index in [9.17, 15) is 32.3 Å². The molecule has 5 aromatic rings. The Labute approximate surface area is 409 Å². The number of hydrogen-bond donors (Lipinski definition) is 3. The van der Waals surface area contributed by atoms with Crippen molar-refractivity contribution in [3.05, 3.63) is 88.8 Å². The molecule has 16 nitrogen and oxygen atoms in total. The molecule has 1 saturated heterocycles. The van der Waals surface area contributed by atoms with Crippen LogP contribution in [0.1, 0.15) is 102 Å². The van der Waals surface area contributed by atoms with E-state index in [0.717, 1.165) is 21.7 Å².